The minimum Gasteiger partial charge on any atom is -0.339 e. The summed E-state index contributed by atoms with van der Waals surface area (Å²) in [5, 5.41) is 0.907. The molecule has 0 amide bonds. The first-order valence-electron chi connectivity index (χ1n) is 11.5. The molecule has 0 aliphatic heterocycles. The van der Waals surface area contributed by atoms with Gasteiger partial charge in [0, 0.05) is 29.6 Å². The predicted octanol–water partition coefficient (Wildman–Crippen LogP) is 7.00. The second-order valence-corrected chi connectivity index (χ2v) is 9.44. The molecule has 0 radical (unpaired) electrons. The summed E-state index contributed by atoms with van der Waals surface area (Å²) in [5.74, 6) is 1.01. The second-order valence-electron chi connectivity index (χ2n) is 9.44. The second kappa shape index (κ2) is 7.61. The van der Waals surface area contributed by atoms with Crippen molar-refractivity contribution in [1.82, 2.24) is 15.0 Å². The van der Waals surface area contributed by atoms with E-state index in [0.717, 1.165) is 61.3 Å². The Balaban J connectivity index is 1.26. The Morgan fingerprint density at radius 1 is 0.812 bits per heavy atom. The zero-order chi connectivity index (χ0) is 21.8. The molecular formula is C26H24F3N3. The molecule has 1 atom stereocenters. The summed E-state index contributed by atoms with van der Waals surface area (Å²) in [6.45, 7) is 0. The first-order chi connectivity index (χ1) is 15.6. The van der Waals surface area contributed by atoms with E-state index < -0.39 is 11.6 Å². The van der Waals surface area contributed by atoms with Crippen molar-refractivity contribution in [2.45, 2.75) is 50.4 Å². The maximum Gasteiger partial charge on any atom is 0.151 e. The van der Waals surface area contributed by atoms with Gasteiger partial charge in [0.2, 0.25) is 0 Å². The fourth-order valence-corrected chi connectivity index (χ4v) is 5.79. The van der Waals surface area contributed by atoms with Crippen molar-refractivity contribution in [1.29, 1.82) is 0 Å². The standard InChI is InChI=1S/C26H24F3N3/c27-17-7-8-22-20(11-17)19(9-10-30-22)14-1-3-15(4-2-14)24(16-5-6-16)26-31-23-13-18(28)12-21(29)25(23)32-26/h7-16,24H,1-6H2,(H,31,32). The lowest BCUT2D eigenvalue weighted by Gasteiger charge is -2.34. The molecule has 3 nitrogen and oxygen atoms in total. The highest BCUT2D eigenvalue weighted by molar-refractivity contribution is 5.82. The van der Waals surface area contributed by atoms with E-state index in [9.17, 15) is 13.2 Å². The number of nitrogens with one attached hydrogen (secondary N) is 1. The number of nitrogens with zero attached hydrogens (tertiary/aromatic N) is 2. The number of hydrogen-bond donors (Lipinski definition) is 1. The minimum absolute atomic E-state index is 0.234. The molecule has 164 valence electrons. The number of benzene rings is 2. The molecule has 2 fully saturated rings. The van der Waals surface area contributed by atoms with Crippen molar-refractivity contribution in [2.75, 3.05) is 0 Å². The van der Waals surface area contributed by atoms with Gasteiger partial charge in [0.15, 0.2) is 5.82 Å². The fourth-order valence-electron chi connectivity index (χ4n) is 5.79. The van der Waals surface area contributed by atoms with Crippen LogP contribution in [0.1, 0.15) is 61.7 Å². The van der Waals surface area contributed by atoms with Crippen LogP contribution in [-0.2, 0) is 0 Å². The summed E-state index contributed by atoms with van der Waals surface area (Å²) in [4.78, 5) is 12.2. The van der Waals surface area contributed by atoms with Gasteiger partial charge in [0.25, 0.3) is 0 Å². The maximum atomic E-state index is 14.2. The highest BCUT2D eigenvalue weighted by Crippen LogP contribution is 2.52. The molecule has 0 saturated heterocycles. The third-order valence-corrected chi connectivity index (χ3v) is 7.43. The number of aromatic nitrogens is 3. The number of aromatic amines is 1. The largest absolute Gasteiger partial charge is 0.339 e. The lowest BCUT2D eigenvalue weighted by molar-refractivity contribution is 0.259. The van der Waals surface area contributed by atoms with Crippen molar-refractivity contribution in [3.63, 3.8) is 0 Å². The monoisotopic (exact) mass is 435 g/mol. The van der Waals surface area contributed by atoms with E-state index in [1.54, 1.807) is 12.1 Å². The minimum atomic E-state index is -0.599. The van der Waals surface area contributed by atoms with Crippen molar-refractivity contribution in [2.24, 2.45) is 11.8 Å². The van der Waals surface area contributed by atoms with E-state index in [2.05, 4.69) is 15.0 Å². The van der Waals surface area contributed by atoms with Gasteiger partial charge in [0.05, 0.1) is 11.0 Å². The normalized spacial score (nSPS) is 22.5. The first kappa shape index (κ1) is 19.8. The van der Waals surface area contributed by atoms with E-state index in [4.69, 9.17) is 0 Å². The van der Waals surface area contributed by atoms with Gasteiger partial charge in [-0.25, -0.2) is 18.2 Å². The summed E-state index contributed by atoms with van der Waals surface area (Å²) in [5.41, 5.74) is 2.67. The van der Waals surface area contributed by atoms with Gasteiger partial charge in [0.1, 0.15) is 23.0 Å². The quantitative estimate of drug-likeness (QED) is 0.375. The topological polar surface area (TPSA) is 41.6 Å². The van der Waals surface area contributed by atoms with Crippen LogP contribution in [0.4, 0.5) is 13.2 Å². The fraction of sp³-hybridized carbons (Fsp3) is 0.385. The van der Waals surface area contributed by atoms with Crippen LogP contribution in [0.5, 0.6) is 0 Å². The number of halogens is 3. The number of pyridine rings is 1. The van der Waals surface area contributed by atoms with Crippen LogP contribution in [0, 0.1) is 29.3 Å². The van der Waals surface area contributed by atoms with Crippen molar-refractivity contribution in [3.05, 3.63) is 71.4 Å². The van der Waals surface area contributed by atoms with Gasteiger partial charge in [-0.1, -0.05) is 0 Å². The molecule has 2 saturated carbocycles. The molecule has 6 rings (SSSR count). The summed E-state index contributed by atoms with van der Waals surface area (Å²) < 4.78 is 41.8. The average molecular weight is 435 g/mol. The molecular weight excluding hydrogens is 411 g/mol. The molecule has 1 unspecified atom stereocenters. The van der Waals surface area contributed by atoms with Gasteiger partial charge in [-0.3, -0.25) is 4.98 Å². The van der Waals surface area contributed by atoms with Crippen LogP contribution in [0.25, 0.3) is 21.9 Å². The number of imidazole rings is 1. The van der Waals surface area contributed by atoms with Gasteiger partial charge in [-0.05, 0) is 86.1 Å². The summed E-state index contributed by atoms with van der Waals surface area (Å²) in [6.07, 6.45) is 8.26. The molecule has 1 N–H and O–H groups in total. The van der Waals surface area contributed by atoms with E-state index in [0.29, 0.717) is 28.8 Å². The van der Waals surface area contributed by atoms with Gasteiger partial charge < -0.3 is 4.98 Å². The number of rotatable bonds is 4. The number of fused-ring (bicyclic) bond motifs is 2. The zero-order valence-corrected chi connectivity index (χ0v) is 17.6. The molecule has 6 heteroatoms. The van der Waals surface area contributed by atoms with Crippen LogP contribution in [0.3, 0.4) is 0 Å². The molecule has 2 aromatic heterocycles. The average Bonchev–Trinajstić information content (AvgIpc) is 3.52. The van der Waals surface area contributed by atoms with Crippen molar-refractivity contribution < 1.29 is 13.2 Å². The highest BCUT2D eigenvalue weighted by atomic mass is 19.1. The summed E-state index contributed by atoms with van der Waals surface area (Å²) in [7, 11) is 0. The molecule has 0 bridgehead atoms. The Bertz CT molecular complexity index is 1300. The Hall–Kier alpha value is -2.89. The van der Waals surface area contributed by atoms with Crippen LogP contribution < -0.4 is 0 Å². The zero-order valence-electron chi connectivity index (χ0n) is 17.6. The smallest absolute Gasteiger partial charge is 0.151 e. The Morgan fingerprint density at radius 2 is 1.56 bits per heavy atom. The van der Waals surface area contributed by atoms with E-state index >= 15 is 0 Å². The predicted molar refractivity (Wildman–Crippen MR) is 118 cm³/mol. The summed E-state index contributed by atoms with van der Waals surface area (Å²) >= 11 is 0. The number of hydrogen-bond acceptors (Lipinski definition) is 2. The van der Waals surface area contributed by atoms with Crippen LogP contribution in [-0.4, -0.2) is 15.0 Å². The number of H-pyrrole nitrogens is 1. The van der Waals surface area contributed by atoms with Crippen LogP contribution in [0.15, 0.2) is 42.6 Å². The van der Waals surface area contributed by atoms with Gasteiger partial charge in [-0.2, -0.15) is 0 Å². The Morgan fingerprint density at radius 3 is 2.31 bits per heavy atom. The molecule has 2 aliphatic carbocycles. The van der Waals surface area contributed by atoms with Crippen molar-refractivity contribution >= 4 is 21.9 Å². The SMILES string of the molecule is Fc1cc(F)c2[nH]c(C(C3CCC(c4ccnc5ccc(F)cc45)CC3)C3CC3)nc2c1. The summed E-state index contributed by atoms with van der Waals surface area (Å²) in [6, 6.07) is 9.03. The molecule has 2 aromatic carbocycles. The molecule has 2 aliphatic rings. The third-order valence-electron chi connectivity index (χ3n) is 7.43. The lowest BCUT2D eigenvalue weighted by atomic mass is 9.72. The Kier molecular flexibility index (Phi) is 4.70. The molecule has 2 heterocycles. The maximum absolute atomic E-state index is 14.2. The Labute approximate surface area is 184 Å². The third kappa shape index (κ3) is 3.46. The van der Waals surface area contributed by atoms with E-state index in [1.807, 2.05) is 12.3 Å². The van der Waals surface area contributed by atoms with Crippen LogP contribution in [0.2, 0.25) is 0 Å². The van der Waals surface area contributed by atoms with Crippen molar-refractivity contribution in [3.8, 4) is 0 Å². The first-order valence-corrected chi connectivity index (χ1v) is 11.5. The molecule has 4 aromatic rings. The van der Waals surface area contributed by atoms with E-state index in [-0.39, 0.29) is 11.7 Å². The molecule has 32 heavy (non-hydrogen) atoms. The van der Waals surface area contributed by atoms with E-state index in [1.165, 1.54) is 17.7 Å². The highest BCUT2D eigenvalue weighted by Gasteiger charge is 2.41. The van der Waals surface area contributed by atoms with Gasteiger partial charge >= 0.3 is 0 Å². The lowest BCUT2D eigenvalue weighted by Crippen LogP contribution is -2.22. The van der Waals surface area contributed by atoms with Gasteiger partial charge in [-0.15, -0.1) is 0 Å². The van der Waals surface area contributed by atoms with Crippen LogP contribution >= 0.6 is 0 Å². The molecule has 0 spiro atoms.